The number of para-hydroxylation sites is 1. The third-order valence-corrected chi connectivity index (χ3v) is 4.79. The first kappa shape index (κ1) is 14.0. The van der Waals surface area contributed by atoms with E-state index in [1.54, 1.807) is 31.4 Å². The second-order valence-corrected chi connectivity index (χ2v) is 5.89. The van der Waals surface area contributed by atoms with E-state index in [1.807, 2.05) is 29.2 Å². The SMILES string of the molecule is COc1ccccc1C1SCC(=O)N1CCc1cnc[nH]1. The summed E-state index contributed by atoms with van der Waals surface area (Å²) in [6, 6.07) is 7.89. The lowest BCUT2D eigenvalue weighted by atomic mass is 10.1. The molecule has 6 heteroatoms. The minimum absolute atomic E-state index is 0.0246. The minimum atomic E-state index is 0.0246. The lowest BCUT2D eigenvalue weighted by Gasteiger charge is -2.25. The van der Waals surface area contributed by atoms with E-state index in [0.29, 0.717) is 12.3 Å². The fourth-order valence-electron chi connectivity index (χ4n) is 2.49. The maximum atomic E-state index is 12.2. The second-order valence-electron chi connectivity index (χ2n) is 4.82. The van der Waals surface area contributed by atoms with Crippen LogP contribution in [-0.2, 0) is 11.2 Å². The Morgan fingerprint density at radius 1 is 1.48 bits per heavy atom. The van der Waals surface area contributed by atoms with E-state index >= 15 is 0 Å². The molecule has 1 unspecified atom stereocenters. The number of hydrogen-bond acceptors (Lipinski definition) is 4. The van der Waals surface area contributed by atoms with Gasteiger partial charge in [0.05, 0.1) is 19.2 Å². The van der Waals surface area contributed by atoms with Crippen LogP contribution in [-0.4, -0.2) is 40.2 Å². The number of imidazole rings is 1. The van der Waals surface area contributed by atoms with E-state index in [9.17, 15) is 4.79 Å². The van der Waals surface area contributed by atoms with E-state index in [4.69, 9.17) is 4.74 Å². The summed E-state index contributed by atoms with van der Waals surface area (Å²) in [6.45, 7) is 0.677. The molecule has 0 aliphatic carbocycles. The average molecular weight is 303 g/mol. The van der Waals surface area contributed by atoms with Crippen LogP contribution in [0.25, 0.3) is 0 Å². The monoisotopic (exact) mass is 303 g/mol. The molecule has 3 rings (SSSR count). The minimum Gasteiger partial charge on any atom is -0.496 e. The molecular weight excluding hydrogens is 286 g/mol. The van der Waals surface area contributed by atoms with E-state index in [2.05, 4.69) is 9.97 Å². The van der Waals surface area contributed by atoms with Crippen molar-refractivity contribution in [2.24, 2.45) is 0 Å². The van der Waals surface area contributed by atoms with Crippen LogP contribution in [0.3, 0.4) is 0 Å². The van der Waals surface area contributed by atoms with Crippen molar-refractivity contribution in [3.05, 3.63) is 48.0 Å². The molecule has 1 N–H and O–H groups in total. The number of nitrogens with zero attached hydrogens (tertiary/aromatic N) is 2. The number of ether oxygens (including phenoxy) is 1. The average Bonchev–Trinajstić information content (AvgIpc) is 3.15. The Morgan fingerprint density at radius 2 is 2.33 bits per heavy atom. The van der Waals surface area contributed by atoms with Gasteiger partial charge in [-0.15, -0.1) is 11.8 Å². The number of rotatable bonds is 5. The molecular formula is C15H17N3O2S. The van der Waals surface area contributed by atoms with Crippen LogP contribution in [0.15, 0.2) is 36.8 Å². The molecule has 1 aliphatic heterocycles. The van der Waals surface area contributed by atoms with Gasteiger partial charge >= 0.3 is 0 Å². The van der Waals surface area contributed by atoms with Crippen LogP contribution < -0.4 is 4.74 Å². The summed E-state index contributed by atoms with van der Waals surface area (Å²) in [5.74, 6) is 1.53. The number of hydrogen-bond donors (Lipinski definition) is 1. The van der Waals surface area contributed by atoms with Crippen LogP contribution in [0.5, 0.6) is 5.75 Å². The van der Waals surface area contributed by atoms with Gasteiger partial charge in [0, 0.05) is 30.4 Å². The molecule has 110 valence electrons. The van der Waals surface area contributed by atoms with Crippen molar-refractivity contribution >= 4 is 17.7 Å². The smallest absolute Gasteiger partial charge is 0.233 e. The van der Waals surface area contributed by atoms with Crippen molar-refractivity contribution in [3.8, 4) is 5.75 Å². The van der Waals surface area contributed by atoms with Crippen molar-refractivity contribution in [2.75, 3.05) is 19.4 Å². The second kappa shape index (κ2) is 6.22. The topological polar surface area (TPSA) is 58.2 Å². The highest BCUT2D eigenvalue weighted by atomic mass is 32.2. The zero-order valence-corrected chi connectivity index (χ0v) is 12.6. The normalized spacial score (nSPS) is 18.2. The van der Waals surface area contributed by atoms with Gasteiger partial charge in [-0.25, -0.2) is 4.98 Å². The van der Waals surface area contributed by atoms with Crippen LogP contribution in [0.2, 0.25) is 0 Å². The number of benzene rings is 1. The number of methoxy groups -OCH3 is 1. The highest BCUT2D eigenvalue weighted by molar-refractivity contribution is 8.00. The number of aromatic nitrogens is 2. The number of carbonyl (C=O) groups is 1. The van der Waals surface area contributed by atoms with E-state index in [-0.39, 0.29) is 11.3 Å². The van der Waals surface area contributed by atoms with Crippen molar-refractivity contribution in [3.63, 3.8) is 0 Å². The molecule has 0 bridgehead atoms. The molecule has 2 heterocycles. The molecule has 5 nitrogen and oxygen atoms in total. The molecule has 1 aromatic carbocycles. The maximum absolute atomic E-state index is 12.2. The van der Waals surface area contributed by atoms with Gasteiger partial charge in [0.1, 0.15) is 11.1 Å². The molecule has 1 aliphatic rings. The zero-order valence-electron chi connectivity index (χ0n) is 11.8. The Morgan fingerprint density at radius 3 is 3.10 bits per heavy atom. The van der Waals surface area contributed by atoms with Crippen molar-refractivity contribution in [1.82, 2.24) is 14.9 Å². The fraction of sp³-hybridized carbons (Fsp3) is 0.333. The van der Waals surface area contributed by atoms with Crippen LogP contribution >= 0.6 is 11.8 Å². The van der Waals surface area contributed by atoms with Gasteiger partial charge in [-0.1, -0.05) is 18.2 Å². The van der Waals surface area contributed by atoms with Gasteiger partial charge < -0.3 is 14.6 Å². The van der Waals surface area contributed by atoms with Crippen LogP contribution in [0.4, 0.5) is 0 Å². The van der Waals surface area contributed by atoms with Crippen molar-refractivity contribution in [2.45, 2.75) is 11.8 Å². The summed E-state index contributed by atoms with van der Waals surface area (Å²) in [7, 11) is 1.66. The lowest BCUT2D eigenvalue weighted by Crippen LogP contribution is -2.30. The number of H-pyrrole nitrogens is 1. The Balaban J connectivity index is 1.78. The highest BCUT2D eigenvalue weighted by Crippen LogP contribution is 2.42. The Labute approximate surface area is 127 Å². The summed E-state index contributed by atoms with van der Waals surface area (Å²) in [4.78, 5) is 21.2. The van der Waals surface area contributed by atoms with Gasteiger partial charge in [0.25, 0.3) is 0 Å². The summed E-state index contributed by atoms with van der Waals surface area (Å²) in [5.41, 5.74) is 2.10. The molecule has 1 atom stereocenters. The Kier molecular flexibility index (Phi) is 4.15. The molecule has 21 heavy (non-hydrogen) atoms. The number of carbonyl (C=O) groups excluding carboxylic acids is 1. The van der Waals surface area contributed by atoms with E-state index < -0.39 is 0 Å². The molecule has 1 aromatic heterocycles. The van der Waals surface area contributed by atoms with Gasteiger partial charge in [0.2, 0.25) is 5.91 Å². The van der Waals surface area contributed by atoms with Crippen molar-refractivity contribution in [1.29, 1.82) is 0 Å². The standard InChI is InChI=1S/C15H17N3O2S/c1-20-13-5-3-2-4-12(13)15-18(14(19)9-21-15)7-6-11-8-16-10-17-11/h2-5,8,10,15H,6-7,9H2,1H3,(H,16,17). The van der Waals surface area contributed by atoms with Crippen LogP contribution in [0, 0.1) is 0 Å². The predicted molar refractivity (Wildman–Crippen MR) is 82.2 cm³/mol. The first-order valence-corrected chi connectivity index (χ1v) is 7.85. The highest BCUT2D eigenvalue weighted by Gasteiger charge is 2.34. The van der Waals surface area contributed by atoms with Gasteiger partial charge in [0.15, 0.2) is 0 Å². The number of nitrogens with one attached hydrogen (secondary N) is 1. The fourth-order valence-corrected chi connectivity index (χ4v) is 3.73. The van der Waals surface area contributed by atoms with Gasteiger partial charge in [-0.2, -0.15) is 0 Å². The number of amides is 1. The van der Waals surface area contributed by atoms with E-state index in [1.165, 1.54) is 0 Å². The lowest BCUT2D eigenvalue weighted by molar-refractivity contribution is -0.128. The summed E-state index contributed by atoms with van der Waals surface area (Å²) >= 11 is 1.65. The zero-order chi connectivity index (χ0) is 14.7. The molecule has 0 spiro atoms. The Bertz CT molecular complexity index is 615. The predicted octanol–water partition coefficient (Wildman–Crippen LogP) is 2.23. The first-order valence-electron chi connectivity index (χ1n) is 6.81. The third kappa shape index (κ3) is 2.90. The summed E-state index contributed by atoms with van der Waals surface area (Å²) in [5, 5.41) is 0.0246. The number of thioether (sulfide) groups is 1. The maximum Gasteiger partial charge on any atom is 0.233 e. The number of aromatic amines is 1. The van der Waals surface area contributed by atoms with Crippen molar-refractivity contribution < 1.29 is 9.53 Å². The van der Waals surface area contributed by atoms with Gasteiger partial charge in [-0.05, 0) is 6.07 Å². The molecule has 2 aromatic rings. The molecule has 1 fully saturated rings. The quantitative estimate of drug-likeness (QED) is 0.920. The van der Waals surface area contributed by atoms with Crippen LogP contribution in [0.1, 0.15) is 16.6 Å². The Hall–Kier alpha value is -1.95. The molecule has 1 amide bonds. The first-order chi connectivity index (χ1) is 10.3. The van der Waals surface area contributed by atoms with E-state index in [0.717, 1.165) is 23.4 Å². The third-order valence-electron chi connectivity index (χ3n) is 3.55. The van der Waals surface area contributed by atoms with Gasteiger partial charge in [-0.3, -0.25) is 4.79 Å². The largest absolute Gasteiger partial charge is 0.496 e. The summed E-state index contributed by atoms with van der Waals surface area (Å²) < 4.78 is 5.42. The summed E-state index contributed by atoms with van der Waals surface area (Å²) in [6.07, 6.45) is 4.23. The molecule has 0 saturated carbocycles. The molecule has 1 saturated heterocycles. The molecule has 0 radical (unpaired) electrons.